The Morgan fingerprint density at radius 3 is 2.51 bits per heavy atom. The third-order valence-electron chi connectivity index (χ3n) is 6.64. The molecule has 0 aromatic carbocycles. The molecule has 0 unspecified atom stereocenters. The van der Waals surface area contributed by atoms with Crippen LogP contribution in [0.25, 0.3) is 0 Å². The lowest BCUT2D eigenvalue weighted by Crippen LogP contribution is -2.45. The minimum absolute atomic E-state index is 0.0122. The highest BCUT2D eigenvalue weighted by molar-refractivity contribution is 7.14. The van der Waals surface area contributed by atoms with E-state index in [2.05, 4.69) is 27.1 Å². The summed E-state index contributed by atoms with van der Waals surface area (Å²) in [5.74, 6) is -0.471. The number of urea groups is 1. The van der Waals surface area contributed by atoms with Crippen molar-refractivity contribution in [1.29, 1.82) is 0 Å². The number of aromatic nitrogens is 1. The van der Waals surface area contributed by atoms with Crippen molar-refractivity contribution < 1.29 is 27.6 Å². The number of imide groups is 1. The molecule has 4 heterocycles. The molecule has 2 aliphatic rings. The van der Waals surface area contributed by atoms with Crippen LogP contribution in [0, 0.1) is 0 Å². The van der Waals surface area contributed by atoms with E-state index in [1.54, 1.807) is 26.0 Å². The van der Waals surface area contributed by atoms with E-state index in [0.717, 1.165) is 42.5 Å². The summed E-state index contributed by atoms with van der Waals surface area (Å²) in [6, 6.07) is 3.38. The molecule has 0 aliphatic carbocycles. The lowest BCUT2D eigenvalue weighted by Gasteiger charge is -2.32. The summed E-state index contributed by atoms with van der Waals surface area (Å²) in [6.45, 7) is 7.51. The van der Waals surface area contributed by atoms with Crippen molar-refractivity contribution in [2.75, 3.05) is 50.0 Å². The Bertz CT molecular complexity index is 1180. The zero-order valence-electron chi connectivity index (χ0n) is 20.8. The molecule has 0 atom stereocenters. The second kappa shape index (κ2) is 10.4. The van der Waals surface area contributed by atoms with Gasteiger partial charge in [-0.05, 0) is 44.7 Å². The lowest BCUT2D eigenvalue weighted by atomic mass is 10.0. The maximum atomic E-state index is 13.2. The first-order valence-electron chi connectivity index (χ1n) is 11.8. The van der Waals surface area contributed by atoms with Crippen molar-refractivity contribution in [2.24, 2.45) is 0 Å². The summed E-state index contributed by atoms with van der Waals surface area (Å²) in [5.41, 5.74) is -1.58. The molecule has 0 radical (unpaired) electrons. The van der Waals surface area contributed by atoms with Crippen LogP contribution in [0.3, 0.4) is 0 Å². The molecular weight excluding hydrogens is 509 g/mol. The van der Waals surface area contributed by atoms with Crippen molar-refractivity contribution in [3.63, 3.8) is 0 Å². The van der Waals surface area contributed by atoms with Crippen LogP contribution < -0.4 is 10.2 Å². The molecule has 2 saturated heterocycles. The quantitative estimate of drug-likeness (QED) is 0.543. The summed E-state index contributed by atoms with van der Waals surface area (Å²) in [6.07, 6.45) is -2.76. The van der Waals surface area contributed by atoms with Crippen LogP contribution in [0.5, 0.6) is 0 Å². The average Bonchev–Trinajstić information content (AvgIpc) is 3.38. The predicted molar refractivity (Wildman–Crippen MR) is 133 cm³/mol. The Morgan fingerprint density at radius 2 is 1.86 bits per heavy atom. The van der Waals surface area contributed by atoms with Crippen LogP contribution in [0.2, 0.25) is 0 Å². The van der Waals surface area contributed by atoms with Gasteiger partial charge in [0, 0.05) is 57.3 Å². The van der Waals surface area contributed by atoms with Crippen LogP contribution in [0.1, 0.15) is 31.4 Å². The predicted octanol–water partition coefficient (Wildman–Crippen LogP) is 3.49. The first kappa shape index (κ1) is 27.0. The minimum atomic E-state index is -4.57. The van der Waals surface area contributed by atoms with E-state index in [-0.39, 0.29) is 17.5 Å². The SMILES string of the molecule is CN1CCN(CCC(=O)Nc2cc(CN3C(=O)N(c4cc(C(F)(F)F)cs4)C(=O)C3(C)C)ccn2)CC1. The molecular formula is C24H29F3N6O3S. The van der Waals surface area contributed by atoms with E-state index in [1.165, 1.54) is 11.1 Å². The number of hydrogen-bond donors (Lipinski definition) is 1. The fourth-order valence-electron chi connectivity index (χ4n) is 4.25. The van der Waals surface area contributed by atoms with Gasteiger partial charge in [0.15, 0.2) is 0 Å². The summed E-state index contributed by atoms with van der Waals surface area (Å²) in [4.78, 5) is 49.4. The second-order valence-electron chi connectivity index (χ2n) is 9.73. The Kier molecular flexibility index (Phi) is 7.58. The van der Waals surface area contributed by atoms with Gasteiger partial charge in [0.25, 0.3) is 5.91 Å². The maximum Gasteiger partial charge on any atom is 0.417 e. The largest absolute Gasteiger partial charge is 0.417 e. The number of hydrogen-bond acceptors (Lipinski definition) is 7. The summed E-state index contributed by atoms with van der Waals surface area (Å²) < 4.78 is 39.2. The molecule has 2 aromatic heterocycles. The van der Waals surface area contributed by atoms with Crippen molar-refractivity contribution in [3.8, 4) is 0 Å². The maximum absolute atomic E-state index is 13.2. The van der Waals surface area contributed by atoms with Crippen LogP contribution >= 0.6 is 11.3 Å². The molecule has 4 amide bonds. The number of pyridine rings is 1. The number of thiophene rings is 1. The molecule has 13 heteroatoms. The molecule has 0 spiro atoms. The van der Waals surface area contributed by atoms with Crippen LogP contribution in [0.15, 0.2) is 29.8 Å². The van der Waals surface area contributed by atoms with Gasteiger partial charge >= 0.3 is 12.2 Å². The van der Waals surface area contributed by atoms with Crippen molar-refractivity contribution in [1.82, 2.24) is 19.7 Å². The van der Waals surface area contributed by atoms with Crippen molar-refractivity contribution in [3.05, 3.63) is 40.9 Å². The molecule has 1 N–H and O–H groups in total. The van der Waals surface area contributed by atoms with Gasteiger partial charge in [0.2, 0.25) is 5.91 Å². The van der Waals surface area contributed by atoms with E-state index in [0.29, 0.717) is 35.7 Å². The van der Waals surface area contributed by atoms with Gasteiger partial charge in [-0.25, -0.2) is 14.7 Å². The number of likely N-dealkylation sites (N-methyl/N-ethyl adjacent to an activating group) is 1. The van der Waals surface area contributed by atoms with Crippen LogP contribution in [-0.2, 0) is 22.3 Å². The minimum Gasteiger partial charge on any atom is -0.311 e. The van der Waals surface area contributed by atoms with Gasteiger partial charge in [-0.1, -0.05) is 0 Å². The van der Waals surface area contributed by atoms with E-state index in [1.807, 2.05) is 0 Å². The Hall–Kier alpha value is -3.03. The van der Waals surface area contributed by atoms with Gasteiger partial charge in [-0.2, -0.15) is 13.2 Å². The highest BCUT2D eigenvalue weighted by atomic mass is 32.1. The number of amides is 4. The molecule has 0 saturated carbocycles. The molecule has 4 rings (SSSR count). The Balaban J connectivity index is 1.41. The number of carbonyl (C=O) groups excluding carboxylic acids is 3. The normalized spacial score (nSPS) is 19.1. The van der Waals surface area contributed by atoms with Crippen molar-refractivity contribution in [2.45, 2.75) is 38.5 Å². The monoisotopic (exact) mass is 538 g/mol. The Labute approximate surface area is 216 Å². The zero-order valence-corrected chi connectivity index (χ0v) is 21.7. The number of nitrogens with one attached hydrogen (secondary N) is 1. The van der Waals surface area contributed by atoms with E-state index < -0.39 is 29.2 Å². The number of rotatable bonds is 7. The first-order valence-corrected chi connectivity index (χ1v) is 12.7. The lowest BCUT2D eigenvalue weighted by molar-refractivity contribution is -0.137. The standard InChI is InChI=1S/C24H29F3N6O3S/c1-23(2)21(35)33(20-13-17(15-37-20)24(25,26)27)22(36)32(23)14-16-4-6-28-18(12-16)29-19(34)5-7-31-10-8-30(3)9-11-31/h4,6,12-13,15H,5,7-11,14H2,1-3H3,(H,28,29,34). The number of nitrogens with zero attached hydrogens (tertiary/aromatic N) is 5. The average molecular weight is 539 g/mol. The number of anilines is 2. The molecule has 2 aliphatic heterocycles. The number of halogens is 3. The molecule has 2 aromatic rings. The fraction of sp³-hybridized carbons (Fsp3) is 0.500. The number of piperazine rings is 1. The molecule has 0 bridgehead atoms. The highest BCUT2D eigenvalue weighted by Gasteiger charge is 2.52. The molecule has 9 nitrogen and oxygen atoms in total. The molecule has 37 heavy (non-hydrogen) atoms. The number of alkyl halides is 3. The third-order valence-corrected chi connectivity index (χ3v) is 7.55. The van der Waals surface area contributed by atoms with Gasteiger partial charge in [-0.15, -0.1) is 11.3 Å². The third kappa shape index (κ3) is 5.94. The van der Waals surface area contributed by atoms with Gasteiger partial charge in [0.05, 0.1) is 5.56 Å². The zero-order chi connectivity index (χ0) is 27.0. The highest BCUT2D eigenvalue weighted by Crippen LogP contribution is 2.40. The topological polar surface area (TPSA) is 89.1 Å². The van der Waals surface area contributed by atoms with Gasteiger partial charge in [-0.3, -0.25) is 9.59 Å². The van der Waals surface area contributed by atoms with E-state index in [4.69, 9.17) is 0 Å². The summed E-state index contributed by atoms with van der Waals surface area (Å²) in [5, 5.41) is 3.57. The van der Waals surface area contributed by atoms with Gasteiger partial charge < -0.3 is 20.0 Å². The van der Waals surface area contributed by atoms with Crippen molar-refractivity contribution >= 4 is 40.0 Å². The first-order chi connectivity index (χ1) is 17.4. The Morgan fingerprint density at radius 1 is 1.16 bits per heavy atom. The van der Waals surface area contributed by atoms with Gasteiger partial charge in [0.1, 0.15) is 16.4 Å². The molecule has 200 valence electrons. The summed E-state index contributed by atoms with van der Waals surface area (Å²) in [7, 11) is 2.07. The van der Waals surface area contributed by atoms with Crippen LogP contribution in [0.4, 0.5) is 28.8 Å². The van der Waals surface area contributed by atoms with E-state index in [9.17, 15) is 27.6 Å². The number of carbonyl (C=O) groups is 3. The fourth-order valence-corrected chi connectivity index (χ4v) is 5.16. The summed E-state index contributed by atoms with van der Waals surface area (Å²) >= 11 is 0.689. The molecule has 2 fully saturated rings. The smallest absolute Gasteiger partial charge is 0.311 e. The van der Waals surface area contributed by atoms with Crippen LogP contribution in [-0.4, -0.2) is 82.8 Å². The second-order valence-corrected chi connectivity index (χ2v) is 10.6. The van der Waals surface area contributed by atoms with E-state index >= 15 is 0 Å².